The van der Waals surface area contributed by atoms with Crippen LogP contribution in [0.5, 0.6) is 0 Å². The number of rotatable bonds is 12. The number of ether oxygens (including phenoxy) is 2. The molecule has 0 bridgehead atoms. The maximum Gasteiger partial charge on any atom is 0.328 e. The molecule has 0 aromatic heterocycles. The maximum absolute atomic E-state index is 12.2. The summed E-state index contributed by atoms with van der Waals surface area (Å²) < 4.78 is 10.1. The predicted octanol–water partition coefficient (Wildman–Crippen LogP) is 0.580. The van der Waals surface area contributed by atoms with E-state index in [-0.39, 0.29) is 19.4 Å². The second-order valence-corrected chi connectivity index (χ2v) is 6.19. The first-order valence-electron chi connectivity index (χ1n) is 8.74. The van der Waals surface area contributed by atoms with Crippen LogP contribution in [0.2, 0.25) is 0 Å². The van der Waals surface area contributed by atoms with Gasteiger partial charge in [-0.1, -0.05) is 12.8 Å². The van der Waals surface area contributed by atoms with Crippen molar-refractivity contribution in [2.75, 3.05) is 20.3 Å². The molecule has 1 saturated carbocycles. The standard InChI is InChI=1S/C17H29N3O5/c1-12(24-2)16(22)20-15(8-7-14(21)11-18)17(23)25-10-9-19-13-5-3-4-6-13/h11-13,15,18-19H,3-10H2,1-2H3,(H,20,22)/t12-,15-/m0/s1. The summed E-state index contributed by atoms with van der Waals surface area (Å²) in [6.45, 7) is 2.33. The number of amides is 1. The summed E-state index contributed by atoms with van der Waals surface area (Å²) in [5, 5.41) is 12.8. The summed E-state index contributed by atoms with van der Waals surface area (Å²) in [7, 11) is 1.39. The second-order valence-electron chi connectivity index (χ2n) is 6.19. The number of carbonyl (C=O) groups excluding carboxylic acids is 3. The molecule has 0 radical (unpaired) electrons. The van der Waals surface area contributed by atoms with Crippen LogP contribution in [0.3, 0.4) is 0 Å². The van der Waals surface area contributed by atoms with Crippen LogP contribution in [0.1, 0.15) is 45.4 Å². The Morgan fingerprint density at radius 3 is 2.56 bits per heavy atom. The molecule has 8 nitrogen and oxygen atoms in total. The van der Waals surface area contributed by atoms with Gasteiger partial charge in [0.15, 0.2) is 5.78 Å². The van der Waals surface area contributed by atoms with Crippen LogP contribution in [0.4, 0.5) is 0 Å². The van der Waals surface area contributed by atoms with Crippen LogP contribution in [-0.2, 0) is 23.9 Å². The van der Waals surface area contributed by atoms with Gasteiger partial charge in [-0.05, 0) is 26.2 Å². The van der Waals surface area contributed by atoms with Crippen molar-refractivity contribution in [2.45, 2.75) is 63.6 Å². The zero-order valence-corrected chi connectivity index (χ0v) is 15.0. The van der Waals surface area contributed by atoms with E-state index >= 15 is 0 Å². The SMILES string of the molecule is CO[C@@H](C)C(=O)N[C@@H](CCC(=O)C=N)C(=O)OCCNC1CCCC1. The second kappa shape index (κ2) is 11.7. The van der Waals surface area contributed by atoms with Gasteiger partial charge in [0.25, 0.3) is 0 Å². The van der Waals surface area contributed by atoms with Crippen LogP contribution >= 0.6 is 0 Å². The summed E-state index contributed by atoms with van der Waals surface area (Å²) in [5.74, 6) is -1.44. The molecule has 0 unspecified atom stereocenters. The van der Waals surface area contributed by atoms with Crippen molar-refractivity contribution in [1.29, 1.82) is 5.41 Å². The number of Topliss-reactive ketones (excluding diaryl/α,β-unsaturated/α-hetero) is 1. The molecular formula is C17H29N3O5. The molecular weight excluding hydrogens is 326 g/mol. The minimum absolute atomic E-state index is 0.00870. The minimum Gasteiger partial charge on any atom is -0.463 e. The average molecular weight is 355 g/mol. The minimum atomic E-state index is -0.930. The Labute approximate surface area is 148 Å². The Balaban J connectivity index is 2.44. The highest BCUT2D eigenvalue weighted by Crippen LogP contribution is 2.17. The number of ketones is 1. The zero-order chi connectivity index (χ0) is 18.7. The largest absolute Gasteiger partial charge is 0.463 e. The van der Waals surface area contributed by atoms with Crippen molar-refractivity contribution in [1.82, 2.24) is 10.6 Å². The lowest BCUT2D eigenvalue weighted by molar-refractivity contribution is -0.149. The molecule has 8 heteroatoms. The van der Waals surface area contributed by atoms with Crippen LogP contribution in [0.15, 0.2) is 0 Å². The number of esters is 1. The van der Waals surface area contributed by atoms with Gasteiger partial charge in [0, 0.05) is 26.1 Å². The summed E-state index contributed by atoms with van der Waals surface area (Å²) in [6, 6.07) is -0.442. The molecule has 1 aliphatic rings. The third kappa shape index (κ3) is 8.22. The van der Waals surface area contributed by atoms with Crippen LogP contribution in [-0.4, -0.2) is 62.3 Å². The van der Waals surface area contributed by atoms with E-state index in [0.717, 1.165) is 12.8 Å². The van der Waals surface area contributed by atoms with Crippen LogP contribution in [0.25, 0.3) is 0 Å². The predicted molar refractivity (Wildman–Crippen MR) is 92.6 cm³/mol. The highest BCUT2D eigenvalue weighted by atomic mass is 16.5. The Morgan fingerprint density at radius 2 is 1.96 bits per heavy atom. The lowest BCUT2D eigenvalue weighted by atomic mass is 10.1. The van der Waals surface area contributed by atoms with Crippen LogP contribution in [0, 0.1) is 5.41 Å². The van der Waals surface area contributed by atoms with Crippen molar-refractivity contribution >= 4 is 23.9 Å². The number of nitrogens with one attached hydrogen (secondary N) is 3. The third-order valence-corrected chi connectivity index (χ3v) is 4.30. The highest BCUT2D eigenvalue weighted by molar-refractivity contribution is 6.26. The molecule has 25 heavy (non-hydrogen) atoms. The van der Waals surface area contributed by atoms with Gasteiger partial charge < -0.3 is 25.5 Å². The quantitative estimate of drug-likeness (QED) is 0.268. The molecule has 0 aromatic carbocycles. The van der Waals surface area contributed by atoms with E-state index in [2.05, 4.69) is 10.6 Å². The molecule has 1 fully saturated rings. The Morgan fingerprint density at radius 1 is 1.28 bits per heavy atom. The smallest absolute Gasteiger partial charge is 0.328 e. The fourth-order valence-corrected chi connectivity index (χ4v) is 2.65. The van der Waals surface area contributed by atoms with E-state index in [1.54, 1.807) is 6.92 Å². The summed E-state index contributed by atoms with van der Waals surface area (Å²) in [5.41, 5.74) is 0. The molecule has 1 amide bonds. The summed E-state index contributed by atoms with van der Waals surface area (Å²) in [6.07, 6.45) is 4.82. The van der Waals surface area contributed by atoms with Crippen molar-refractivity contribution in [3.05, 3.63) is 0 Å². The molecule has 0 aliphatic heterocycles. The van der Waals surface area contributed by atoms with Gasteiger partial charge in [-0.3, -0.25) is 9.59 Å². The number of hydrogen-bond acceptors (Lipinski definition) is 7. The summed E-state index contributed by atoms with van der Waals surface area (Å²) >= 11 is 0. The van der Waals surface area contributed by atoms with Gasteiger partial charge in [-0.2, -0.15) is 0 Å². The van der Waals surface area contributed by atoms with E-state index in [1.165, 1.54) is 20.0 Å². The molecule has 0 aromatic rings. The lowest BCUT2D eigenvalue weighted by Crippen LogP contribution is -2.46. The zero-order valence-electron chi connectivity index (χ0n) is 15.0. The van der Waals surface area contributed by atoms with E-state index in [0.29, 0.717) is 18.8 Å². The molecule has 3 N–H and O–H groups in total. The van der Waals surface area contributed by atoms with Gasteiger partial charge in [-0.15, -0.1) is 0 Å². The van der Waals surface area contributed by atoms with Gasteiger partial charge in [0.1, 0.15) is 18.8 Å². The number of carbonyl (C=O) groups is 3. The molecule has 0 saturated heterocycles. The van der Waals surface area contributed by atoms with Crippen LogP contribution < -0.4 is 10.6 Å². The number of methoxy groups -OCH3 is 1. The normalized spacial score (nSPS) is 16.9. The van der Waals surface area contributed by atoms with Gasteiger partial charge in [-0.25, -0.2) is 4.79 Å². The molecule has 1 rings (SSSR count). The van der Waals surface area contributed by atoms with E-state index in [9.17, 15) is 14.4 Å². The fourth-order valence-electron chi connectivity index (χ4n) is 2.65. The molecule has 142 valence electrons. The highest BCUT2D eigenvalue weighted by Gasteiger charge is 2.25. The van der Waals surface area contributed by atoms with Gasteiger partial charge in [0.05, 0.1) is 6.21 Å². The van der Waals surface area contributed by atoms with Crippen molar-refractivity contribution < 1.29 is 23.9 Å². The van der Waals surface area contributed by atoms with E-state index < -0.39 is 29.8 Å². The Bertz CT molecular complexity index is 463. The van der Waals surface area contributed by atoms with E-state index in [1.807, 2.05) is 0 Å². The monoisotopic (exact) mass is 355 g/mol. The Hall–Kier alpha value is -1.80. The van der Waals surface area contributed by atoms with Crippen molar-refractivity contribution in [3.8, 4) is 0 Å². The van der Waals surface area contributed by atoms with Gasteiger partial charge in [0.2, 0.25) is 5.91 Å². The maximum atomic E-state index is 12.2. The molecule has 0 spiro atoms. The van der Waals surface area contributed by atoms with Crippen molar-refractivity contribution in [2.24, 2.45) is 0 Å². The van der Waals surface area contributed by atoms with E-state index in [4.69, 9.17) is 14.9 Å². The molecule has 1 aliphatic carbocycles. The first kappa shape index (κ1) is 21.2. The fraction of sp³-hybridized carbons (Fsp3) is 0.765. The number of hydrogen-bond donors (Lipinski definition) is 3. The average Bonchev–Trinajstić information content (AvgIpc) is 3.14. The Kier molecular flexibility index (Phi) is 9.94. The molecule has 0 heterocycles. The first-order valence-corrected chi connectivity index (χ1v) is 8.74. The first-order chi connectivity index (χ1) is 12.0. The topological polar surface area (TPSA) is 118 Å². The lowest BCUT2D eigenvalue weighted by Gasteiger charge is -2.19. The van der Waals surface area contributed by atoms with Crippen molar-refractivity contribution in [3.63, 3.8) is 0 Å². The van der Waals surface area contributed by atoms with Gasteiger partial charge >= 0.3 is 5.97 Å². The summed E-state index contributed by atoms with van der Waals surface area (Å²) in [4.78, 5) is 35.4. The molecule has 2 atom stereocenters. The third-order valence-electron chi connectivity index (χ3n) is 4.30.